The van der Waals surface area contributed by atoms with E-state index >= 15 is 0 Å². The molecule has 3 N–H and O–H groups in total. The van der Waals surface area contributed by atoms with Gasteiger partial charge in [0.2, 0.25) is 0 Å². The standard InChI is InChI=1S/C23H25N3O/c1-16(2)8-9-17-10-12-19(13-11-17)23(27)26-21-14-20(15-25-22(21)24)18-6-4-3-5-7-18/h3-7,10-16H,8-9H2,1-2H3,(H2,24,25)(H,26,27). The highest BCUT2D eigenvalue weighted by atomic mass is 16.1. The average molecular weight is 359 g/mol. The Balaban J connectivity index is 1.74. The maximum absolute atomic E-state index is 12.6. The van der Waals surface area contributed by atoms with Crippen LogP contribution >= 0.6 is 0 Å². The second kappa shape index (κ2) is 8.49. The summed E-state index contributed by atoms with van der Waals surface area (Å²) >= 11 is 0. The van der Waals surface area contributed by atoms with Crippen molar-refractivity contribution in [2.45, 2.75) is 26.7 Å². The molecule has 0 saturated carbocycles. The summed E-state index contributed by atoms with van der Waals surface area (Å²) in [4.78, 5) is 16.8. The third kappa shape index (κ3) is 4.94. The smallest absolute Gasteiger partial charge is 0.255 e. The van der Waals surface area contributed by atoms with Gasteiger partial charge in [0.05, 0.1) is 5.69 Å². The van der Waals surface area contributed by atoms with Crippen molar-refractivity contribution in [2.24, 2.45) is 5.92 Å². The highest BCUT2D eigenvalue weighted by Gasteiger charge is 2.10. The van der Waals surface area contributed by atoms with Crippen molar-refractivity contribution in [3.63, 3.8) is 0 Å². The average Bonchev–Trinajstić information content (AvgIpc) is 2.69. The van der Waals surface area contributed by atoms with Gasteiger partial charge in [-0.05, 0) is 48.1 Å². The lowest BCUT2D eigenvalue weighted by Gasteiger charge is -2.10. The number of anilines is 2. The van der Waals surface area contributed by atoms with Crippen molar-refractivity contribution >= 4 is 17.4 Å². The molecular formula is C23H25N3O. The molecule has 0 aliphatic carbocycles. The summed E-state index contributed by atoms with van der Waals surface area (Å²) in [5.41, 5.74) is 10.3. The zero-order valence-corrected chi connectivity index (χ0v) is 15.8. The molecule has 1 heterocycles. The second-order valence-electron chi connectivity index (χ2n) is 7.11. The lowest BCUT2D eigenvalue weighted by atomic mass is 10.0. The molecule has 4 nitrogen and oxygen atoms in total. The Labute approximate surface area is 160 Å². The van der Waals surface area contributed by atoms with Gasteiger partial charge in [-0.15, -0.1) is 0 Å². The number of rotatable bonds is 6. The molecule has 2 aromatic carbocycles. The molecule has 0 aliphatic heterocycles. The molecule has 27 heavy (non-hydrogen) atoms. The second-order valence-corrected chi connectivity index (χ2v) is 7.11. The van der Waals surface area contributed by atoms with E-state index in [1.807, 2.05) is 60.7 Å². The van der Waals surface area contributed by atoms with Gasteiger partial charge in [0, 0.05) is 17.3 Å². The number of nitrogen functional groups attached to an aromatic ring is 1. The van der Waals surface area contributed by atoms with E-state index < -0.39 is 0 Å². The van der Waals surface area contributed by atoms with E-state index in [0.717, 1.165) is 24.0 Å². The van der Waals surface area contributed by atoms with Gasteiger partial charge < -0.3 is 11.1 Å². The number of nitrogens with two attached hydrogens (primary N) is 1. The molecule has 0 spiro atoms. The molecule has 0 bridgehead atoms. The summed E-state index contributed by atoms with van der Waals surface area (Å²) < 4.78 is 0. The van der Waals surface area contributed by atoms with Crippen molar-refractivity contribution in [1.82, 2.24) is 4.98 Å². The number of aromatic nitrogens is 1. The number of carbonyl (C=O) groups excluding carboxylic acids is 1. The first kappa shape index (κ1) is 18.6. The van der Waals surface area contributed by atoms with Gasteiger partial charge in [0.15, 0.2) is 0 Å². The number of amides is 1. The van der Waals surface area contributed by atoms with Crippen LogP contribution < -0.4 is 11.1 Å². The third-order valence-electron chi connectivity index (χ3n) is 4.50. The Hall–Kier alpha value is -3.14. The number of nitrogens with zero attached hydrogens (tertiary/aromatic N) is 1. The van der Waals surface area contributed by atoms with Crippen molar-refractivity contribution in [3.05, 3.63) is 78.0 Å². The minimum absolute atomic E-state index is 0.191. The summed E-state index contributed by atoms with van der Waals surface area (Å²) in [7, 11) is 0. The van der Waals surface area contributed by atoms with Crippen LogP contribution in [0.25, 0.3) is 11.1 Å². The van der Waals surface area contributed by atoms with Crippen LogP contribution in [0.4, 0.5) is 11.5 Å². The van der Waals surface area contributed by atoms with Crippen LogP contribution in [0.2, 0.25) is 0 Å². The van der Waals surface area contributed by atoms with Gasteiger partial charge in [0.25, 0.3) is 5.91 Å². The minimum Gasteiger partial charge on any atom is -0.382 e. The molecule has 0 atom stereocenters. The molecule has 1 amide bonds. The van der Waals surface area contributed by atoms with E-state index in [9.17, 15) is 4.79 Å². The number of nitrogens with one attached hydrogen (secondary N) is 1. The molecule has 0 unspecified atom stereocenters. The van der Waals surface area contributed by atoms with Gasteiger partial charge >= 0.3 is 0 Å². The Morgan fingerprint density at radius 1 is 1.04 bits per heavy atom. The van der Waals surface area contributed by atoms with E-state index in [4.69, 9.17) is 5.73 Å². The van der Waals surface area contributed by atoms with Crippen LogP contribution in [-0.2, 0) is 6.42 Å². The molecule has 4 heteroatoms. The first-order valence-electron chi connectivity index (χ1n) is 9.24. The maximum atomic E-state index is 12.6. The summed E-state index contributed by atoms with van der Waals surface area (Å²) in [6.07, 6.45) is 3.87. The molecule has 3 aromatic rings. The van der Waals surface area contributed by atoms with Gasteiger partial charge in [-0.25, -0.2) is 4.98 Å². The fourth-order valence-electron chi connectivity index (χ4n) is 2.84. The van der Waals surface area contributed by atoms with Crippen LogP contribution in [-0.4, -0.2) is 10.9 Å². The zero-order chi connectivity index (χ0) is 19.2. The van der Waals surface area contributed by atoms with Crippen molar-refractivity contribution in [1.29, 1.82) is 0 Å². The maximum Gasteiger partial charge on any atom is 0.255 e. The van der Waals surface area contributed by atoms with E-state index in [0.29, 0.717) is 23.0 Å². The monoisotopic (exact) mass is 359 g/mol. The Morgan fingerprint density at radius 2 is 1.74 bits per heavy atom. The molecule has 0 aliphatic rings. The largest absolute Gasteiger partial charge is 0.382 e. The fraction of sp³-hybridized carbons (Fsp3) is 0.217. The lowest BCUT2D eigenvalue weighted by molar-refractivity contribution is 0.102. The lowest BCUT2D eigenvalue weighted by Crippen LogP contribution is -2.14. The van der Waals surface area contributed by atoms with E-state index in [2.05, 4.69) is 24.1 Å². The number of hydrogen-bond acceptors (Lipinski definition) is 3. The first-order valence-corrected chi connectivity index (χ1v) is 9.24. The SMILES string of the molecule is CC(C)CCc1ccc(C(=O)Nc2cc(-c3ccccc3)cnc2N)cc1. The first-order chi connectivity index (χ1) is 13.0. The van der Waals surface area contributed by atoms with E-state index in [1.54, 1.807) is 6.20 Å². The predicted molar refractivity (Wildman–Crippen MR) is 112 cm³/mol. The quantitative estimate of drug-likeness (QED) is 0.638. The molecular weight excluding hydrogens is 334 g/mol. The Kier molecular flexibility index (Phi) is 5.87. The normalized spacial score (nSPS) is 10.8. The predicted octanol–water partition coefficient (Wildman–Crippen LogP) is 5.17. The number of hydrogen-bond donors (Lipinski definition) is 2. The summed E-state index contributed by atoms with van der Waals surface area (Å²) in [6.45, 7) is 4.42. The topological polar surface area (TPSA) is 68.0 Å². The highest BCUT2D eigenvalue weighted by molar-refractivity contribution is 6.05. The van der Waals surface area contributed by atoms with Crippen LogP contribution in [0.3, 0.4) is 0 Å². The molecule has 0 fully saturated rings. The van der Waals surface area contributed by atoms with Crippen molar-refractivity contribution in [2.75, 3.05) is 11.1 Å². The summed E-state index contributed by atoms with van der Waals surface area (Å²) in [5.74, 6) is 0.779. The van der Waals surface area contributed by atoms with Gasteiger partial charge in [0.1, 0.15) is 5.82 Å². The minimum atomic E-state index is -0.191. The van der Waals surface area contributed by atoms with Gasteiger partial charge in [-0.3, -0.25) is 4.79 Å². The fourth-order valence-corrected chi connectivity index (χ4v) is 2.84. The third-order valence-corrected chi connectivity index (χ3v) is 4.50. The molecule has 138 valence electrons. The van der Waals surface area contributed by atoms with E-state index in [-0.39, 0.29) is 5.91 Å². The number of benzene rings is 2. The molecule has 0 saturated heterocycles. The Morgan fingerprint density at radius 3 is 2.41 bits per heavy atom. The van der Waals surface area contributed by atoms with Crippen LogP contribution in [0, 0.1) is 5.92 Å². The van der Waals surface area contributed by atoms with Crippen LogP contribution in [0.5, 0.6) is 0 Å². The number of aryl methyl sites for hydroxylation is 1. The van der Waals surface area contributed by atoms with Crippen molar-refractivity contribution < 1.29 is 4.79 Å². The van der Waals surface area contributed by atoms with Gasteiger partial charge in [-0.1, -0.05) is 56.3 Å². The number of carbonyl (C=O) groups is 1. The van der Waals surface area contributed by atoms with Crippen LogP contribution in [0.15, 0.2) is 66.9 Å². The summed E-state index contributed by atoms with van der Waals surface area (Å²) in [6, 6.07) is 19.5. The zero-order valence-electron chi connectivity index (χ0n) is 15.8. The molecule has 3 rings (SSSR count). The van der Waals surface area contributed by atoms with Crippen LogP contribution in [0.1, 0.15) is 36.2 Å². The molecule has 0 radical (unpaired) electrons. The summed E-state index contributed by atoms with van der Waals surface area (Å²) in [5, 5.41) is 2.88. The number of pyridine rings is 1. The van der Waals surface area contributed by atoms with Gasteiger partial charge in [-0.2, -0.15) is 0 Å². The van der Waals surface area contributed by atoms with E-state index in [1.165, 1.54) is 5.56 Å². The highest BCUT2D eigenvalue weighted by Crippen LogP contribution is 2.25. The Bertz CT molecular complexity index is 903. The van der Waals surface area contributed by atoms with Crippen molar-refractivity contribution in [3.8, 4) is 11.1 Å². The molecule has 1 aromatic heterocycles.